The summed E-state index contributed by atoms with van der Waals surface area (Å²) in [6.07, 6.45) is 4.10. The highest BCUT2D eigenvalue weighted by molar-refractivity contribution is 5.76. The van der Waals surface area contributed by atoms with Crippen LogP contribution in [0.25, 0.3) is 0 Å². The molecule has 1 aromatic heterocycles. The fourth-order valence-electron chi connectivity index (χ4n) is 3.09. The molecule has 0 unspecified atom stereocenters. The number of methoxy groups -OCH3 is 1. The van der Waals surface area contributed by atoms with Gasteiger partial charge in [-0.25, -0.2) is 0 Å². The van der Waals surface area contributed by atoms with Gasteiger partial charge in [-0.1, -0.05) is 0 Å². The van der Waals surface area contributed by atoms with Gasteiger partial charge in [-0.05, 0) is 42.0 Å². The van der Waals surface area contributed by atoms with E-state index in [1.807, 2.05) is 29.2 Å². The molecule has 0 spiro atoms. The predicted octanol–water partition coefficient (Wildman–Crippen LogP) is 1.92. The minimum absolute atomic E-state index is 0.224. The van der Waals surface area contributed by atoms with Crippen LogP contribution in [0.1, 0.15) is 12.0 Å². The second kappa shape index (κ2) is 9.20. The lowest BCUT2D eigenvalue weighted by Crippen LogP contribution is -2.49. The zero-order valence-electron chi connectivity index (χ0n) is 15.2. The number of amides is 1. The highest BCUT2D eigenvalue weighted by atomic mass is 16.5. The number of nitrogens with one attached hydrogen (secondary N) is 1. The Bertz CT molecular complexity index is 683. The van der Waals surface area contributed by atoms with E-state index in [2.05, 4.69) is 27.3 Å². The van der Waals surface area contributed by atoms with Crippen molar-refractivity contribution in [3.8, 4) is 5.75 Å². The van der Waals surface area contributed by atoms with Crippen molar-refractivity contribution >= 4 is 11.6 Å². The van der Waals surface area contributed by atoms with E-state index in [1.165, 1.54) is 11.3 Å². The molecule has 1 fully saturated rings. The maximum absolute atomic E-state index is 12.4. The Labute approximate surface area is 154 Å². The maximum Gasteiger partial charge on any atom is 0.223 e. The van der Waals surface area contributed by atoms with Gasteiger partial charge in [0, 0.05) is 63.8 Å². The highest BCUT2D eigenvalue weighted by Gasteiger charge is 2.20. The van der Waals surface area contributed by atoms with Gasteiger partial charge in [0.15, 0.2) is 0 Å². The van der Waals surface area contributed by atoms with Gasteiger partial charge >= 0.3 is 0 Å². The summed E-state index contributed by atoms with van der Waals surface area (Å²) in [5, 5.41) is 3.32. The van der Waals surface area contributed by atoms with Gasteiger partial charge in [0.05, 0.1) is 7.11 Å². The molecule has 1 amide bonds. The molecular formula is C20H26N4O2. The summed E-state index contributed by atoms with van der Waals surface area (Å²) in [5.41, 5.74) is 2.36. The van der Waals surface area contributed by atoms with Crippen molar-refractivity contribution < 1.29 is 9.53 Å². The average Bonchev–Trinajstić information content (AvgIpc) is 2.72. The number of benzene rings is 1. The lowest BCUT2D eigenvalue weighted by Gasteiger charge is -2.36. The number of hydrogen-bond acceptors (Lipinski definition) is 5. The Morgan fingerprint density at radius 2 is 1.77 bits per heavy atom. The maximum atomic E-state index is 12.4. The molecular weight excluding hydrogens is 328 g/mol. The smallest absolute Gasteiger partial charge is 0.223 e. The van der Waals surface area contributed by atoms with Gasteiger partial charge in [-0.15, -0.1) is 0 Å². The molecule has 2 heterocycles. The van der Waals surface area contributed by atoms with Crippen LogP contribution >= 0.6 is 0 Å². The number of carbonyl (C=O) groups excluding carboxylic acids is 1. The zero-order chi connectivity index (χ0) is 18.2. The number of anilines is 1. The summed E-state index contributed by atoms with van der Waals surface area (Å²) in [4.78, 5) is 20.7. The molecule has 1 aliphatic rings. The third-order valence-electron chi connectivity index (χ3n) is 4.66. The lowest BCUT2D eigenvalue weighted by molar-refractivity contribution is -0.131. The highest BCUT2D eigenvalue weighted by Crippen LogP contribution is 2.20. The van der Waals surface area contributed by atoms with Crippen molar-refractivity contribution in [2.24, 2.45) is 0 Å². The van der Waals surface area contributed by atoms with E-state index < -0.39 is 0 Å². The van der Waals surface area contributed by atoms with E-state index in [9.17, 15) is 4.79 Å². The molecule has 6 heteroatoms. The minimum atomic E-state index is 0.224. The fourth-order valence-corrected chi connectivity index (χ4v) is 3.09. The Morgan fingerprint density at radius 3 is 2.42 bits per heavy atom. The second-order valence-electron chi connectivity index (χ2n) is 6.35. The van der Waals surface area contributed by atoms with Crippen molar-refractivity contribution in [3.05, 3.63) is 54.4 Å². The van der Waals surface area contributed by atoms with Crippen LogP contribution in [-0.2, 0) is 11.3 Å². The number of pyridine rings is 1. The number of piperazine rings is 1. The Hall–Kier alpha value is -2.60. The van der Waals surface area contributed by atoms with Crippen LogP contribution in [0.5, 0.6) is 5.75 Å². The van der Waals surface area contributed by atoms with Crippen LogP contribution in [0.4, 0.5) is 5.69 Å². The molecule has 3 rings (SSSR count). The number of rotatable bonds is 7. The van der Waals surface area contributed by atoms with Gasteiger partial charge in [0.2, 0.25) is 5.91 Å². The van der Waals surface area contributed by atoms with E-state index in [0.717, 1.165) is 38.5 Å². The van der Waals surface area contributed by atoms with Crippen LogP contribution in [-0.4, -0.2) is 55.6 Å². The molecule has 1 aromatic carbocycles. The summed E-state index contributed by atoms with van der Waals surface area (Å²) in [6.45, 7) is 4.73. The van der Waals surface area contributed by atoms with Crippen LogP contribution in [0.3, 0.4) is 0 Å². The Morgan fingerprint density at radius 1 is 1.08 bits per heavy atom. The Balaban J connectivity index is 1.37. The summed E-state index contributed by atoms with van der Waals surface area (Å²) in [5.74, 6) is 1.09. The third kappa shape index (κ3) is 4.95. The van der Waals surface area contributed by atoms with E-state index in [1.54, 1.807) is 19.5 Å². The standard InChI is InChI=1S/C20H26N4O2/c1-26-19-4-2-18(3-5-19)23-12-14-24(15-13-23)20(25)8-11-22-16-17-6-9-21-10-7-17/h2-7,9-10,22H,8,11-16H2,1H3. The van der Waals surface area contributed by atoms with Crippen LogP contribution in [0, 0.1) is 0 Å². The van der Waals surface area contributed by atoms with E-state index in [0.29, 0.717) is 13.0 Å². The second-order valence-corrected chi connectivity index (χ2v) is 6.35. The van der Waals surface area contributed by atoms with Crippen LogP contribution < -0.4 is 15.0 Å². The van der Waals surface area contributed by atoms with Crippen LogP contribution in [0.2, 0.25) is 0 Å². The first-order valence-corrected chi connectivity index (χ1v) is 9.02. The summed E-state index contributed by atoms with van der Waals surface area (Å²) in [7, 11) is 1.67. The van der Waals surface area contributed by atoms with Gasteiger partial charge in [-0.3, -0.25) is 9.78 Å². The number of nitrogens with zero attached hydrogens (tertiary/aromatic N) is 3. The van der Waals surface area contributed by atoms with Crippen molar-refractivity contribution in [2.45, 2.75) is 13.0 Å². The minimum Gasteiger partial charge on any atom is -0.497 e. The molecule has 0 atom stereocenters. The largest absolute Gasteiger partial charge is 0.497 e. The number of carbonyl (C=O) groups is 1. The summed E-state index contributed by atoms with van der Waals surface area (Å²) >= 11 is 0. The van der Waals surface area contributed by atoms with Gasteiger partial charge in [0.25, 0.3) is 0 Å². The normalized spacial score (nSPS) is 14.3. The van der Waals surface area contributed by atoms with Crippen molar-refractivity contribution in [2.75, 3.05) is 44.7 Å². The quantitative estimate of drug-likeness (QED) is 0.770. The first-order valence-electron chi connectivity index (χ1n) is 9.02. The number of aromatic nitrogens is 1. The lowest BCUT2D eigenvalue weighted by atomic mass is 10.2. The average molecular weight is 354 g/mol. The molecule has 0 radical (unpaired) electrons. The first kappa shape index (κ1) is 18.2. The monoisotopic (exact) mass is 354 g/mol. The van der Waals surface area contributed by atoms with Crippen molar-refractivity contribution in [1.82, 2.24) is 15.2 Å². The number of hydrogen-bond donors (Lipinski definition) is 1. The van der Waals surface area contributed by atoms with Crippen molar-refractivity contribution in [1.29, 1.82) is 0 Å². The van der Waals surface area contributed by atoms with Gasteiger partial charge in [-0.2, -0.15) is 0 Å². The zero-order valence-corrected chi connectivity index (χ0v) is 15.2. The number of ether oxygens (including phenoxy) is 1. The summed E-state index contributed by atoms with van der Waals surface area (Å²) in [6, 6.07) is 12.0. The topological polar surface area (TPSA) is 57.7 Å². The SMILES string of the molecule is COc1ccc(N2CCN(C(=O)CCNCc3ccncc3)CC2)cc1. The molecule has 138 valence electrons. The molecule has 0 bridgehead atoms. The van der Waals surface area contributed by atoms with Gasteiger partial charge in [0.1, 0.15) is 5.75 Å². The van der Waals surface area contributed by atoms with Crippen LogP contribution in [0.15, 0.2) is 48.8 Å². The molecule has 26 heavy (non-hydrogen) atoms. The van der Waals surface area contributed by atoms with E-state index in [-0.39, 0.29) is 5.91 Å². The first-order chi connectivity index (χ1) is 12.8. The third-order valence-corrected chi connectivity index (χ3v) is 4.66. The fraction of sp³-hybridized carbons (Fsp3) is 0.400. The van der Waals surface area contributed by atoms with E-state index >= 15 is 0 Å². The van der Waals surface area contributed by atoms with Crippen molar-refractivity contribution in [3.63, 3.8) is 0 Å². The molecule has 1 aliphatic heterocycles. The summed E-state index contributed by atoms with van der Waals surface area (Å²) < 4.78 is 5.20. The van der Waals surface area contributed by atoms with Gasteiger partial charge < -0.3 is 19.9 Å². The molecule has 6 nitrogen and oxygen atoms in total. The molecule has 2 aromatic rings. The molecule has 0 saturated carbocycles. The Kier molecular flexibility index (Phi) is 6.44. The molecule has 0 aliphatic carbocycles. The predicted molar refractivity (Wildman–Crippen MR) is 102 cm³/mol. The molecule has 1 N–H and O–H groups in total. The molecule has 1 saturated heterocycles. The van der Waals surface area contributed by atoms with E-state index in [4.69, 9.17) is 4.74 Å².